The van der Waals surface area contributed by atoms with E-state index in [1.165, 1.54) is 0 Å². The Hall–Kier alpha value is -1.36. The molecule has 0 radical (unpaired) electrons. The third-order valence-corrected chi connectivity index (χ3v) is 6.40. The molecule has 2 aliphatic heterocycles. The lowest BCUT2D eigenvalue weighted by molar-refractivity contribution is 0.0786. The van der Waals surface area contributed by atoms with Crippen LogP contribution in [0.25, 0.3) is 10.4 Å². The van der Waals surface area contributed by atoms with E-state index in [0.29, 0.717) is 11.8 Å². The molecule has 2 saturated heterocycles. The molecule has 1 aromatic heterocycles. The number of benzene rings is 1. The van der Waals surface area contributed by atoms with Crippen LogP contribution in [0.1, 0.15) is 15.2 Å². The predicted molar refractivity (Wildman–Crippen MR) is 95.3 cm³/mol. The largest absolute Gasteiger partial charge is 0.337 e. The van der Waals surface area contributed by atoms with Crippen molar-refractivity contribution < 1.29 is 4.79 Å². The van der Waals surface area contributed by atoms with Gasteiger partial charge in [0.2, 0.25) is 0 Å². The van der Waals surface area contributed by atoms with Crippen molar-refractivity contribution >= 4 is 28.8 Å². The van der Waals surface area contributed by atoms with Crippen molar-refractivity contribution in [2.24, 2.45) is 11.8 Å². The molecule has 5 heteroatoms. The number of nitrogens with zero attached hydrogens (tertiary/aromatic N) is 1. The number of aryl methyl sites for hydroxylation is 1. The van der Waals surface area contributed by atoms with Crippen LogP contribution in [0.3, 0.4) is 0 Å². The normalized spacial score (nSPS) is 23.3. The number of fused-ring (bicyclic) bond motifs is 1. The van der Waals surface area contributed by atoms with Crippen LogP contribution in [-0.2, 0) is 0 Å². The van der Waals surface area contributed by atoms with E-state index in [9.17, 15) is 4.79 Å². The fraction of sp³-hybridized carbons (Fsp3) is 0.389. The first kappa shape index (κ1) is 15.2. The minimum Gasteiger partial charge on any atom is -0.337 e. The summed E-state index contributed by atoms with van der Waals surface area (Å²) in [7, 11) is 0. The number of hydrogen-bond acceptors (Lipinski definition) is 3. The molecule has 2 aliphatic rings. The van der Waals surface area contributed by atoms with Gasteiger partial charge in [-0.25, -0.2) is 0 Å². The number of carbonyl (C=O) groups excluding carboxylic acids is 1. The minimum absolute atomic E-state index is 0.181. The Morgan fingerprint density at radius 1 is 1.26 bits per heavy atom. The topological polar surface area (TPSA) is 32.3 Å². The van der Waals surface area contributed by atoms with Gasteiger partial charge in [-0.2, -0.15) is 0 Å². The Labute approximate surface area is 145 Å². The molecule has 0 unspecified atom stereocenters. The van der Waals surface area contributed by atoms with Gasteiger partial charge in [-0.05, 0) is 48.1 Å². The van der Waals surface area contributed by atoms with Crippen LogP contribution >= 0.6 is 22.9 Å². The summed E-state index contributed by atoms with van der Waals surface area (Å²) >= 11 is 7.68. The first-order valence-electron chi connectivity index (χ1n) is 7.98. The van der Waals surface area contributed by atoms with Crippen LogP contribution in [0.2, 0.25) is 5.02 Å². The van der Waals surface area contributed by atoms with Gasteiger partial charge in [0.1, 0.15) is 0 Å². The Morgan fingerprint density at radius 2 is 2.00 bits per heavy atom. The van der Waals surface area contributed by atoms with Gasteiger partial charge in [0.25, 0.3) is 5.91 Å². The standard InChI is InChI=1S/C18H19ClN2OS/c1-11-5-16(23-17(11)12-3-2-4-15(19)6-12)18(22)21-9-13-7-20-8-14(13)10-21/h2-6,13-14,20H,7-10H2,1H3/t13-,14+. The lowest BCUT2D eigenvalue weighted by Gasteiger charge is -2.16. The number of thiophene rings is 1. The summed E-state index contributed by atoms with van der Waals surface area (Å²) in [6, 6.07) is 9.85. The third kappa shape index (κ3) is 2.80. The highest BCUT2D eigenvalue weighted by molar-refractivity contribution is 7.17. The zero-order chi connectivity index (χ0) is 16.0. The van der Waals surface area contributed by atoms with Gasteiger partial charge in [-0.15, -0.1) is 11.3 Å². The van der Waals surface area contributed by atoms with Crippen molar-refractivity contribution in [2.75, 3.05) is 26.2 Å². The molecule has 2 aromatic rings. The highest BCUT2D eigenvalue weighted by Gasteiger charge is 2.38. The number of carbonyl (C=O) groups is 1. The highest BCUT2D eigenvalue weighted by atomic mass is 35.5. The van der Waals surface area contributed by atoms with E-state index >= 15 is 0 Å². The fourth-order valence-corrected chi connectivity index (χ4v) is 5.01. The van der Waals surface area contributed by atoms with Crippen molar-refractivity contribution in [3.63, 3.8) is 0 Å². The van der Waals surface area contributed by atoms with Crippen LogP contribution in [0.4, 0.5) is 0 Å². The quantitative estimate of drug-likeness (QED) is 0.899. The number of hydrogen-bond donors (Lipinski definition) is 1. The molecule has 2 fully saturated rings. The van der Waals surface area contributed by atoms with Gasteiger partial charge in [0.05, 0.1) is 4.88 Å². The summed E-state index contributed by atoms with van der Waals surface area (Å²) in [5, 5.41) is 4.14. The molecule has 23 heavy (non-hydrogen) atoms. The average molecular weight is 347 g/mol. The van der Waals surface area contributed by atoms with Crippen LogP contribution < -0.4 is 5.32 Å². The van der Waals surface area contributed by atoms with E-state index in [1.54, 1.807) is 11.3 Å². The van der Waals surface area contributed by atoms with Gasteiger partial charge in [-0.1, -0.05) is 23.7 Å². The molecule has 3 nitrogen and oxygen atoms in total. The number of nitrogens with one attached hydrogen (secondary N) is 1. The summed E-state index contributed by atoms with van der Waals surface area (Å²) in [6.45, 7) is 5.93. The summed E-state index contributed by atoms with van der Waals surface area (Å²) in [6.07, 6.45) is 0. The average Bonchev–Trinajstić information content (AvgIpc) is 3.20. The molecule has 0 saturated carbocycles. The molecule has 1 amide bonds. The Bertz CT molecular complexity index is 745. The Kier molecular flexibility index (Phi) is 3.92. The Morgan fingerprint density at radius 3 is 2.70 bits per heavy atom. The zero-order valence-corrected chi connectivity index (χ0v) is 14.6. The van der Waals surface area contributed by atoms with Gasteiger partial charge < -0.3 is 10.2 Å². The molecular weight excluding hydrogens is 328 g/mol. The van der Waals surface area contributed by atoms with Gasteiger partial charge in [0, 0.05) is 36.1 Å². The first-order valence-corrected chi connectivity index (χ1v) is 9.17. The molecule has 4 rings (SSSR count). The summed E-state index contributed by atoms with van der Waals surface area (Å²) in [5.41, 5.74) is 2.23. The SMILES string of the molecule is Cc1cc(C(=O)N2C[C@H]3CNC[C@H]3C2)sc1-c1cccc(Cl)c1. The number of likely N-dealkylation sites (tertiary alicyclic amines) is 1. The van der Waals surface area contributed by atoms with Crippen molar-refractivity contribution in [1.29, 1.82) is 0 Å². The molecular formula is C18H19ClN2OS. The van der Waals surface area contributed by atoms with E-state index in [2.05, 4.69) is 12.2 Å². The van der Waals surface area contributed by atoms with Crippen molar-refractivity contribution in [2.45, 2.75) is 6.92 Å². The maximum Gasteiger partial charge on any atom is 0.263 e. The molecule has 0 aliphatic carbocycles. The van der Waals surface area contributed by atoms with E-state index in [1.807, 2.05) is 35.2 Å². The second-order valence-corrected chi connectivity index (χ2v) is 8.01. The van der Waals surface area contributed by atoms with Crippen LogP contribution in [-0.4, -0.2) is 37.0 Å². The predicted octanol–water partition coefficient (Wildman–Crippen LogP) is 3.67. The Balaban J connectivity index is 1.58. The van der Waals surface area contributed by atoms with Gasteiger partial charge >= 0.3 is 0 Å². The third-order valence-electron chi connectivity index (χ3n) is 4.89. The smallest absolute Gasteiger partial charge is 0.263 e. The van der Waals surface area contributed by atoms with E-state index in [0.717, 1.165) is 52.1 Å². The molecule has 3 heterocycles. The summed E-state index contributed by atoms with van der Waals surface area (Å²) < 4.78 is 0. The van der Waals surface area contributed by atoms with Crippen LogP contribution in [0.5, 0.6) is 0 Å². The number of amides is 1. The minimum atomic E-state index is 0.181. The molecule has 0 bridgehead atoms. The maximum absolute atomic E-state index is 12.8. The molecule has 2 atom stereocenters. The van der Waals surface area contributed by atoms with E-state index in [4.69, 9.17) is 11.6 Å². The van der Waals surface area contributed by atoms with E-state index < -0.39 is 0 Å². The first-order chi connectivity index (χ1) is 11.1. The summed E-state index contributed by atoms with van der Waals surface area (Å²) in [5.74, 6) is 1.44. The molecule has 120 valence electrons. The highest BCUT2D eigenvalue weighted by Crippen LogP contribution is 2.35. The molecule has 1 aromatic carbocycles. The summed E-state index contributed by atoms with van der Waals surface area (Å²) in [4.78, 5) is 16.8. The second-order valence-electron chi connectivity index (χ2n) is 6.52. The zero-order valence-electron chi connectivity index (χ0n) is 13.0. The van der Waals surface area contributed by atoms with Gasteiger partial charge in [-0.3, -0.25) is 4.79 Å². The molecule has 0 spiro atoms. The number of halogens is 1. The fourth-order valence-electron chi connectivity index (χ4n) is 3.68. The van der Waals surface area contributed by atoms with Gasteiger partial charge in [0.15, 0.2) is 0 Å². The van der Waals surface area contributed by atoms with Crippen LogP contribution in [0.15, 0.2) is 30.3 Å². The van der Waals surface area contributed by atoms with Crippen molar-refractivity contribution in [1.82, 2.24) is 10.2 Å². The molecule has 1 N–H and O–H groups in total. The lowest BCUT2D eigenvalue weighted by Crippen LogP contribution is -2.31. The second kappa shape index (κ2) is 5.93. The monoisotopic (exact) mass is 346 g/mol. The number of rotatable bonds is 2. The maximum atomic E-state index is 12.8. The van der Waals surface area contributed by atoms with Crippen molar-refractivity contribution in [3.8, 4) is 10.4 Å². The van der Waals surface area contributed by atoms with E-state index in [-0.39, 0.29) is 5.91 Å². The van der Waals surface area contributed by atoms with Crippen LogP contribution in [0, 0.1) is 18.8 Å². The lowest BCUT2D eigenvalue weighted by atomic mass is 10.0. The van der Waals surface area contributed by atoms with Crippen molar-refractivity contribution in [3.05, 3.63) is 45.8 Å².